The molecule has 0 unspecified atom stereocenters. The van der Waals surface area contributed by atoms with Crippen LogP contribution in [0.5, 0.6) is 17.2 Å². The van der Waals surface area contributed by atoms with E-state index in [0.29, 0.717) is 36.4 Å². The van der Waals surface area contributed by atoms with Crippen LogP contribution in [0, 0.1) is 0 Å². The molecule has 2 heterocycles. The fraction of sp³-hybridized carbons (Fsp3) is 0.263. The van der Waals surface area contributed by atoms with Crippen molar-refractivity contribution in [2.75, 3.05) is 26.1 Å². The van der Waals surface area contributed by atoms with E-state index < -0.39 is 0 Å². The van der Waals surface area contributed by atoms with E-state index in [9.17, 15) is 4.79 Å². The molecule has 0 saturated carbocycles. The Morgan fingerprint density at radius 3 is 2.76 bits per heavy atom. The number of carbonyl (C=O) groups excluding carboxylic acids is 1. The van der Waals surface area contributed by atoms with Crippen molar-refractivity contribution in [3.8, 4) is 22.9 Å². The fourth-order valence-electron chi connectivity index (χ4n) is 2.72. The first-order valence-corrected chi connectivity index (χ1v) is 9.92. The topological polar surface area (TPSA) is 100 Å². The zero-order valence-electron chi connectivity index (χ0n) is 15.7. The number of benzene rings is 2. The molecule has 1 aliphatic heterocycles. The minimum atomic E-state index is -0.109. The van der Waals surface area contributed by atoms with Gasteiger partial charge in [-0.1, -0.05) is 23.9 Å². The highest BCUT2D eigenvalue weighted by Gasteiger charge is 2.16. The van der Waals surface area contributed by atoms with Crippen LogP contribution < -0.4 is 19.5 Å². The first-order valence-electron chi connectivity index (χ1n) is 8.94. The van der Waals surface area contributed by atoms with Crippen LogP contribution in [0.3, 0.4) is 0 Å². The highest BCUT2D eigenvalue weighted by atomic mass is 32.2. The van der Waals surface area contributed by atoms with Crippen molar-refractivity contribution in [3.63, 3.8) is 0 Å². The maximum Gasteiger partial charge on any atom is 0.230 e. The first-order chi connectivity index (χ1) is 14.2. The lowest BCUT2D eigenvalue weighted by Crippen LogP contribution is -2.24. The lowest BCUT2D eigenvalue weighted by molar-refractivity contribution is -0.118. The van der Waals surface area contributed by atoms with Crippen LogP contribution in [-0.2, 0) is 11.3 Å². The number of amides is 1. The molecule has 4 rings (SSSR count). The summed E-state index contributed by atoms with van der Waals surface area (Å²) < 4.78 is 17.8. The Labute approximate surface area is 171 Å². The molecule has 1 amide bonds. The molecule has 0 radical (unpaired) electrons. The molecule has 29 heavy (non-hydrogen) atoms. The van der Waals surface area contributed by atoms with Gasteiger partial charge in [0.05, 0.1) is 18.6 Å². The van der Waals surface area contributed by atoms with E-state index in [1.807, 2.05) is 42.5 Å². The number of fused-ring (bicyclic) bond motifs is 1. The van der Waals surface area contributed by atoms with Crippen LogP contribution in [0.25, 0.3) is 5.69 Å². The second-order valence-corrected chi connectivity index (χ2v) is 7.06. The van der Waals surface area contributed by atoms with Gasteiger partial charge in [-0.3, -0.25) is 4.79 Å². The predicted molar refractivity (Wildman–Crippen MR) is 106 cm³/mol. The molecule has 2 aromatic carbocycles. The maximum absolute atomic E-state index is 12.2. The monoisotopic (exact) mass is 413 g/mol. The molecule has 0 saturated heterocycles. The molecule has 9 nitrogen and oxygen atoms in total. The first kappa shape index (κ1) is 19.1. The number of hydrogen-bond acceptors (Lipinski definition) is 8. The van der Waals surface area contributed by atoms with E-state index in [4.69, 9.17) is 14.2 Å². The fourth-order valence-corrected chi connectivity index (χ4v) is 3.44. The Balaban J connectivity index is 1.34. The zero-order chi connectivity index (χ0) is 20.1. The number of nitrogens with one attached hydrogen (secondary N) is 1. The number of carbonyl (C=O) groups is 1. The maximum atomic E-state index is 12.2. The van der Waals surface area contributed by atoms with Crippen molar-refractivity contribution >= 4 is 17.7 Å². The summed E-state index contributed by atoms with van der Waals surface area (Å²) in [6, 6.07) is 13.0. The van der Waals surface area contributed by atoms with Crippen molar-refractivity contribution in [3.05, 3.63) is 48.0 Å². The summed E-state index contributed by atoms with van der Waals surface area (Å²) in [5.41, 5.74) is 1.73. The van der Waals surface area contributed by atoms with Gasteiger partial charge in [-0.25, -0.2) is 0 Å². The lowest BCUT2D eigenvalue weighted by Gasteiger charge is -2.18. The number of thioether (sulfide) groups is 1. The van der Waals surface area contributed by atoms with Crippen molar-refractivity contribution in [2.45, 2.75) is 11.7 Å². The number of hydrogen-bond donors (Lipinski definition) is 1. The van der Waals surface area contributed by atoms with Crippen molar-refractivity contribution < 1.29 is 19.0 Å². The van der Waals surface area contributed by atoms with Gasteiger partial charge in [0.25, 0.3) is 0 Å². The second-order valence-electron chi connectivity index (χ2n) is 6.11. The van der Waals surface area contributed by atoms with Gasteiger partial charge in [0, 0.05) is 12.6 Å². The number of methoxy groups -OCH3 is 1. The van der Waals surface area contributed by atoms with Crippen molar-refractivity contribution in [1.29, 1.82) is 0 Å². The summed E-state index contributed by atoms with van der Waals surface area (Å²) in [6.07, 6.45) is 0. The molecule has 0 bridgehead atoms. The molecule has 10 heteroatoms. The van der Waals surface area contributed by atoms with Gasteiger partial charge in [-0.2, -0.15) is 4.68 Å². The third kappa shape index (κ3) is 4.60. The van der Waals surface area contributed by atoms with Gasteiger partial charge in [0.1, 0.15) is 19.0 Å². The number of aromatic nitrogens is 4. The smallest absolute Gasteiger partial charge is 0.230 e. The Morgan fingerprint density at radius 1 is 1.17 bits per heavy atom. The minimum absolute atomic E-state index is 0.109. The van der Waals surface area contributed by atoms with Gasteiger partial charge in [-0.05, 0) is 40.3 Å². The molecule has 3 aromatic rings. The SMILES string of the molecule is COc1ccc(CNC(=O)CSc2nnnn2-c2ccc3c(c2)OCCO3)cc1. The van der Waals surface area contributed by atoms with Crippen molar-refractivity contribution in [2.24, 2.45) is 0 Å². The Kier molecular flexibility index (Phi) is 5.80. The summed E-state index contributed by atoms with van der Waals surface area (Å²) in [5, 5.41) is 15.2. The summed E-state index contributed by atoms with van der Waals surface area (Å²) >= 11 is 1.26. The molecule has 1 aromatic heterocycles. The molecular weight excluding hydrogens is 394 g/mol. The average Bonchev–Trinajstić information content (AvgIpc) is 3.25. The predicted octanol–water partition coefficient (Wildman–Crippen LogP) is 1.85. The quantitative estimate of drug-likeness (QED) is 0.586. The van der Waals surface area contributed by atoms with Crippen LogP contribution in [0.15, 0.2) is 47.6 Å². The summed E-state index contributed by atoms with van der Waals surface area (Å²) in [5.74, 6) is 2.21. The molecule has 0 fully saturated rings. The van der Waals surface area contributed by atoms with Crippen LogP contribution in [0.1, 0.15) is 5.56 Å². The van der Waals surface area contributed by atoms with Crippen LogP contribution in [0.2, 0.25) is 0 Å². The molecule has 0 spiro atoms. The van der Waals surface area contributed by atoms with Gasteiger partial charge in [0.2, 0.25) is 11.1 Å². The van der Waals surface area contributed by atoms with Crippen LogP contribution >= 0.6 is 11.8 Å². The van der Waals surface area contributed by atoms with Crippen molar-refractivity contribution in [1.82, 2.24) is 25.5 Å². The van der Waals surface area contributed by atoms with Gasteiger partial charge < -0.3 is 19.5 Å². The summed E-state index contributed by atoms with van der Waals surface area (Å²) in [4.78, 5) is 12.2. The molecule has 150 valence electrons. The number of ether oxygens (including phenoxy) is 3. The lowest BCUT2D eigenvalue weighted by atomic mass is 10.2. The van der Waals surface area contributed by atoms with E-state index in [-0.39, 0.29) is 11.7 Å². The van der Waals surface area contributed by atoms with E-state index in [1.165, 1.54) is 11.8 Å². The second kappa shape index (κ2) is 8.82. The minimum Gasteiger partial charge on any atom is -0.497 e. The standard InChI is InChI=1S/C19H19N5O4S/c1-26-15-5-2-13(3-6-15)11-20-18(25)12-29-19-21-22-23-24(19)14-4-7-16-17(10-14)28-9-8-27-16/h2-7,10H,8-9,11-12H2,1H3,(H,20,25). The summed E-state index contributed by atoms with van der Waals surface area (Å²) in [6.45, 7) is 1.47. The van der Waals surface area contributed by atoms with Gasteiger partial charge >= 0.3 is 0 Å². The molecule has 0 atom stereocenters. The molecule has 0 aliphatic carbocycles. The summed E-state index contributed by atoms with van der Waals surface area (Å²) in [7, 11) is 1.62. The third-order valence-corrected chi connectivity index (χ3v) is 5.11. The number of rotatable bonds is 7. The molecule has 1 N–H and O–H groups in total. The van der Waals surface area contributed by atoms with Crippen LogP contribution in [-0.4, -0.2) is 52.2 Å². The van der Waals surface area contributed by atoms with Gasteiger partial charge in [-0.15, -0.1) is 5.10 Å². The largest absolute Gasteiger partial charge is 0.497 e. The zero-order valence-corrected chi connectivity index (χ0v) is 16.5. The molecular formula is C19H19N5O4S. The van der Waals surface area contributed by atoms with Gasteiger partial charge in [0.15, 0.2) is 11.5 Å². The van der Waals surface area contributed by atoms with E-state index in [2.05, 4.69) is 20.8 Å². The van der Waals surface area contributed by atoms with Crippen LogP contribution in [0.4, 0.5) is 0 Å². The normalized spacial score (nSPS) is 12.4. The number of tetrazole rings is 1. The Hall–Kier alpha value is -3.27. The average molecular weight is 413 g/mol. The Bertz CT molecular complexity index is 993. The van der Waals surface area contributed by atoms with E-state index >= 15 is 0 Å². The van der Waals surface area contributed by atoms with E-state index in [0.717, 1.165) is 17.0 Å². The highest BCUT2D eigenvalue weighted by Crippen LogP contribution is 2.32. The number of nitrogens with zero attached hydrogens (tertiary/aromatic N) is 4. The molecule has 1 aliphatic rings. The third-order valence-electron chi connectivity index (χ3n) is 4.19. The Morgan fingerprint density at radius 2 is 1.97 bits per heavy atom. The van der Waals surface area contributed by atoms with E-state index in [1.54, 1.807) is 11.8 Å². The highest BCUT2D eigenvalue weighted by molar-refractivity contribution is 7.99.